The number of thioether (sulfide) groups is 1. The molecule has 4 heteroatoms. The molecule has 0 bridgehead atoms. The maximum Gasteiger partial charge on any atom is 0.164 e. The Morgan fingerprint density at radius 3 is 2.89 bits per heavy atom. The number of rotatable bonds is 3. The van der Waals surface area contributed by atoms with E-state index in [4.69, 9.17) is 10.1 Å². The summed E-state index contributed by atoms with van der Waals surface area (Å²) in [5.41, 5.74) is 1.01. The van der Waals surface area contributed by atoms with E-state index in [9.17, 15) is 0 Å². The van der Waals surface area contributed by atoms with Gasteiger partial charge in [0.05, 0.1) is 12.3 Å². The Bertz CT molecular complexity index is 607. The molecule has 2 aromatic rings. The molecule has 1 aliphatic rings. The highest BCUT2D eigenvalue weighted by molar-refractivity contribution is 8.14. The zero-order valence-electron chi connectivity index (χ0n) is 10.6. The Morgan fingerprint density at radius 1 is 1.16 bits per heavy atom. The van der Waals surface area contributed by atoms with Crippen LogP contribution in [0.1, 0.15) is 0 Å². The number of hydrogen-bond acceptors (Lipinski definition) is 3. The van der Waals surface area contributed by atoms with E-state index in [0.717, 1.165) is 23.2 Å². The molecule has 1 aliphatic heterocycles. The number of hydrogen-bond donors (Lipinski definition) is 1. The summed E-state index contributed by atoms with van der Waals surface area (Å²) in [5.74, 6) is 1.05. The van der Waals surface area contributed by atoms with Crippen LogP contribution >= 0.6 is 11.8 Å². The number of nitrogens with zero attached hydrogens (tertiary/aromatic N) is 2. The standard InChI is InChI=1S/C15H16N2OS/c18-10-8-17-9-11-19-15(17)16-14-7-3-5-12-4-1-2-6-13(12)14/h1-7,18H,8-11H2. The zero-order valence-corrected chi connectivity index (χ0v) is 11.4. The molecule has 0 unspecified atom stereocenters. The summed E-state index contributed by atoms with van der Waals surface area (Å²) in [6, 6.07) is 14.5. The predicted octanol–water partition coefficient (Wildman–Crippen LogP) is 2.87. The van der Waals surface area contributed by atoms with Gasteiger partial charge in [-0.1, -0.05) is 48.2 Å². The van der Waals surface area contributed by atoms with Gasteiger partial charge in [-0.2, -0.15) is 0 Å². The largest absolute Gasteiger partial charge is 0.395 e. The lowest BCUT2D eigenvalue weighted by molar-refractivity contribution is 0.257. The van der Waals surface area contributed by atoms with Gasteiger partial charge in [0, 0.05) is 24.2 Å². The molecule has 0 spiro atoms. The SMILES string of the molecule is OCCN1CCSC1=Nc1cccc2ccccc12. The van der Waals surface area contributed by atoms with Crippen molar-refractivity contribution < 1.29 is 5.11 Å². The number of amidine groups is 1. The molecule has 1 N–H and O–H groups in total. The van der Waals surface area contributed by atoms with E-state index in [2.05, 4.69) is 23.1 Å². The fourth-order valence-corrected chi connectivity index (χ4v) is 3.30. The summed E-state index contributed by atoms with van der Waals surface area (Å²) in [5, 5.41) is 12.5. The van der Waals surface area contributed by atoms with Gasteiger partial charge in [-0.05, 0) is 11.5 Å². The van der Waals surface area contributed by atoms with Gasteiger partial charge in [0.1, 0.15) is 0 Å². The maximum atomic E-state index is 9.08. The monoisotopic (exact) mass is 272 g/mol. The van der Waals surface area contributed by atoms with Crippen LogP contribution in [0.3, 0.4) is 0 Å². The van der Waals surface area contributed by atoms with Gasteiger partial charge in [0.2, 0.25) is 0 Å². The van der Waals surface area contributed by atoms with E-state index in [-0.39, 0.29) is 6.61 Å². The normalized spacial score (nSPS) is 17.5. The Balaban J connectivity index is 2.00. The molecule has 1 fully saturated rings. The van der Waals surface area contributed by atoms with Crippen LogP contribution in [0.15, 0.2) is 47.5 Å². The summed E-state index contributed by atoms with van der Waals surface area (Å²) in [6.07, 6.45) is 0. The average molecular weight is 272 g/mol. The average Bonchev–Trinajstić information content (AvgIpc) is 2.87. The molecule has 1 saturated heterocycles. The Kier molecular flexibility index (Phi) is 3.71. The van der Waals surface area contributed by atoms with Crippen molar-refractivity contribution in [1.29, 1.82) is 0 Å². The van der Waals surface area contributed by atoms with E-state index in [0.29, 0.717) is 6.54 Å². The lowest BCUT2D eigenvalue weighted by Gasteiger charge is -2.16. The Hall–Kier alpha value is -1.52. The molecule has 3 nitrogen and oxygen atoms in total. The van der Waals surface area contributed by atoms with Crippen molar-refractivity contribution in [2.45, 2.75) is 0 Å². The minimum Gasteiger partial charge on any atom is -0.395 e. The fraction of sp³-hybridized carbons (Fsp3) is 0.267. The highest BCUT2D eigenvalue weighted by Crippen LogP contribution is 2.28. The van der Waals surface area contributed by atoms with Crippen LogP contribution in [0, 0.1) is 0 Å². The first-order chi connectivity index (χ1) is 9.38. The second-order valence-electron chi connectivity index (χ2n) is 4.45. The molecule has 0 aromatic heterocycles. The van der Waals surface area contributed by atoms with Crippen LogP contribution < -0.4 is 0 Å². The molecule has 1 heterocycles. The summed E-state index contributed by atoms with van der Waals surface area (Å²) < 4.78 is 0. The van der Waals surface area contributed by atoms with Gasteiger partial charge in [-0.25, -0.2) is 4.99 Å². The van der Waals surface area contributed by atoms with Gasteiger partial charge in [0.25, 0.3) is 0 Å². The smallest absolute Gasteiger partial charge is 0.164 e. The van der Waals surface area contributed by atoms with Crippen LogP contribution in [0.25, 0.3) is 10.8 Å². The quantitative estimate of drug-likeness (QED) is 0.933. The van der Waals surface area contributed by atoms with Crippen molar-refractivity contribution in [3.8, 4) is 0 Å². The van der Waals surface area contributed by atoms with Crippen molar-refractivity contribution in [2.24, 2.45) is 4.99 Å². The van der Waals surface area contributed by atoms with Crippen LogP contribution in [-0.2, 0) is 0 Å². The molecular formula is C15H16N2OS. The minimum atomic E-state index is 0.176. The van der Waals surface area contributed by atoms with E-state index < -0.39 is 0 Å². The van der Waals surface area contributed by atoms with E-state index >= 15 is 0 Å². The minimum absolute atomic E-state index is 0.176. The third kappa shape index (κ3) is 2.60. The van der Waals surface area contributed by atoms with Gasteiger partial charge in [0.15, 0.2) is 5.17 Å². The molecule has 0 saturated carbocycles. The third-order valence-electron chi connectivity index (χ3n) is 3.22. The number of β-amino-alcohol motifs (C(OH)–C–C–N with tert-alkyl or cyclic N) is 1. The highest BCUT2D eigenvalue weighted by atomic mass is 32.2. The van der Waals surface area contributed by atoms with Gasteiger partial charge < -0.3 is 10.0 Å². The van der Waals surface area contributed by atoms with Crippen molar-refractivity contribution in [3.05, 3.63) is 42.5 Å². The van der Waals surface area contributed by atoms with Gasteiger partial charge >= 0.3 is 0 Å². The number of aliphatic imine (C=N–C) groups is 1. The van der Waals surface area contributed by atoms with Crippen molar-refractivity contribution in [3.63, 3.8) is 0 Å². The number of fused-ring (bicyclic) bond motifs is 1. The maximum absolute atomic E-state index is 9.08. The fourth-order valence-electron chi connectivity index (χ4n) is 2.27. The lowest BCUT2D eigenvalue weighted by atomic mass is 10.1. The van der Waals surface area contributed by atoms with Gasteiger partial charge in [-0.3, -0.25) is 0 Å². The lowest BCUT2D eigenvalue weighted by Crippen LogP contribution is -2.27. The first-order valence-electron chi connectivity index (χ1n) is 6.43. The van der Waals surface area contributed by atoms with Crippen LogP contribution in [0.4, 0.5) is 5.69 Å². The molecule has 0 atom stereocenters. The second-order valence-corrected chi connectivity index (χ2v) is 5.51. The molecule has 0 aliphatic carbocycles. The van der Waals surface area contributed by atoms with E-state index in [1.54, 1.807) is 11.8 Å². The van der Waals surface area contributed by atoms with E-state index in [1.807, 2.05) is 24.3 Å². The van der Waals surface area contributed by atoms with Crippen LogP contribution in [0.5, 0.6) is 0 Å². The Labute approximate surface area is 117 Å². The zero-order chi connectivity index (χ0) is 13.1. The highest BCUT2D eigenvalue weighted by Gasteiger charge is 2.18. The molecule has 3 rings (SSSR count). The first kappa shape index (κ1) is 12.5. The molecule has 0 radical (unpaired) electrons. The van der Waals surface area contributed by atoms with Crippen LogP contribution in [0.2, 0.25) is 0 Å². The molecule has 2 aromatic carbocycles. The molecule has 0 amide bonds. The predicted molar refractivity (Wildman–Crippen MR) is 82.2 cm³/mol. The number of aliphatic hydroxyl groups excluding tert-OH is 1. The number of benzene rings is 2. The van der Waals surface area contributed by atoms with Crippen molar-refractivity contribution in [1.82, 2.24) is 4.90 Å². The van der Waals surface area contributed by atoms with E-state index in [1.165, 1.54) is 10.8 Å². The Morgan fingerprint density at radius 2 is 2.00 bits per heavy atom. The molecule has 19 heavy (non-hydrogen) atoms. The van der Waals surface area contributed by atoms with Gasteiger partial charge in [-0.15, -0.1) is 0 Å². The number of aliphatic hydroxyl groups is 1. The van der Waals surface area contributed by atoms with Crippen molar-refractivity contribution >= 4 is 33.4 Å². The topological polar surface area (TPSA) is 35.8 Å². The summed E-state index contributed by atoms with van der Waals surface area (Å²) in [7, 11) is 0. The third-order valence-corrected chi connectivity index (χ3v) is 4.21. The second kappa shape index (κ2) is 5.63. The van der Waals surface area contributed by atoms with Crippen molar-refractivity contribution in [2.75, 3.05) is 25.4 Å². The summed E-state index contributed by atoms with van der Waals surface area (Å²) >= 11 is 1.76. The first-order valence-corrected chi connectivity index (χ1v) is 7.42. The molecular weight excluding hydrogens is 256 g/mol. The van der Waals surface area contributed by atoms with Crippen LogP contribution in [-0.4, -0.2) is 40.6 Å². The summed E-state index contributed by atoms with van der Waals surface area (Å²) in [4.78, 5) is 6.93. The molecule has 98 valence electrons. The summed E-state index contributed by atoms with van der Waals surface area (Å²) in [6.45, 7) is 1.81.